The number of hydrogen-bond acceptors (Lipinski definition) is 6. The van der Waals surface area contributed by atoms with Crippen LogP contribution in [0.15, 0.2) is 12.4 Å². The molecular formula is C11H14ClN5O2. The summed E-state index contributed by atoms with van der Waals surface area (Å²) < 4.78 is 11.9. The lowest BCUT2D eigenvalue weighted by Crippen LogP contribution is -2.05. The number of methoxy groups -OCH3 is 2. The topological polar surface area (TPSA) is 74.1 Å². The standard InChI is InChI=1S/C11H14ClN5O2/c1-17-8(18-2)4-7(16-17)5-13-11-9(19-3)10(12)14-6-15-11/h4,6H,5H2,1-3H3,(H,13,14,15). The van der Waals surface area contributed by atoms with E-state index in [-0.39, 0.29) is 5.15 Å². The number of ether oxygens (including phenoxy) is 2. The molecule has 0 radical (unpaired) electrons. The van der Waals surface area contributed by atoms with Gasteiger partial charge in [0, 0.05) is 13.1 Å². The highest BCUT2D eigenvalue weighted by Crippen LogP contribution is 2.28. The molecule has 2 heterocycles. The van der Waals surface area contributed by atoms with Crippen LogP contribution < -0.4 is 14.8 Å². The molecule has 0 aliphatic heterocycles. The van der Waals surface area contributed by atoms with Gasteiger partial charge in [0.05, 0.1) is 26.5 Å². The van der Waals surface area contributed by atoms with Gasteiger partial charge in [-0.05, 0) is 0 Å². The second-order valence-electron chi connectivity index (χ2n) is 3.70. The molecule has 7 nitrogen and oxygen atoms in total. The van der Waals surface area contributed by atoms with Crippen molar-refractivity contribution in [2.45, 2.75) is 6.54 Å². The number of hydrogen-bond donors (Lipinski definition) is 1. The van der Waals surface area contributed by atoms with Gasteiger partial charge in [-0.25, -0.2) is 14.6 Å². The van der Waals surface area contributed by atoms with Crippen molar-refractivity contribution < 1.29 is 9.47 Å². The highest BCUT2D eigenvalue weighted by molar-refractivity contribution is 6.31. The molecule has 19 heavy (non-hydrogen) atoms. The van der Waals surface area contributed by atoms with Crippen molar-refractivity contribution in [2.24, 2.45) is 7.05 Å². The molecule has 0 bridgehead atoms. The van der Waals surface area contributed by atoms with Gasteiger partial charge in [-0.1, -0.05) is 11.6 Å². The Hall–Kier alpha value is -2.02. The Morgan fingerprint density at radius 3 is 2.74 bits per heavy atom. The summed E-state index contributed by atoms with van der Waals surface area (Å²) in [5.41, 5.74) is 0.816. The highest BCUT2D eigenvalue weighted by atomic mass is 35.5. The van der Waals surface area contributed by atoms with Gasteiger partial charge in [-0.3, -0.25) is 0 Å². The van der Waals surface area contributed by atoms with Crippen LogP contribution in [-0.2, 0) is 13.6 Å². The van der Waals surface area contributed by atoms with Gasteiger partial charge in [0.2, 0.25) is 5.88 Å². The van der Waals surface area contributed by atoms with Crippen LogP contribution >= 0.6 is 11.6 Å². The van der Waals surface area contributed by atoms with Gasteiger partial charge in [0.15, 0.2) is 16.7 Å². The molecule has 0 unspecified atom stereocenters. The average molecular weight is 284 g/mol. The van der Waals surface area contributed by atoms with Crippen LogP contribution in [-0.4, -0.2) is 34.0 Å². The second-order valence-corrected chi connectivity index (χ2v) is 4.06. The smallest absolute Gasteiger partial charge is 0.211 e. The maximum absolute atomic E-state index is 5.91. The van der Waals surface area contributed by atoms with Crippen LogP contribution in [0.1, 0.15) is 5.69 Å². The summed E-state index contributed by atoms with van der Waals surface area (Å²) in [6, 6.07) is 1.84. The molecule has 102 valence electrons. The number of rotatable bonds is 5. The van der Waals surface area contributed by atoms with Gasteiger partial charge in [0.25, 0.3) is 0 Å². The molecule has 8 heteroatoms. The molecule has 0 saturated heterocycles. The third-order valence-corrected chi connectivity index (χ3v) is 2.77. The minimum atomic E-state index is 0.263. The van der Waals surface area contributed by atoms with Crippen LogP contribution in [0, 0.1) is 0 Å². The highest BCUT2D eigenvalue weighted by Gasteiger charge is 2.11. The zero-order valence-corrected chi connectivity index (χ0v) is 11.6. The first-order valence-electron chi connectivity index (χ1n) is 5.51. The summed E-state index contributed by atoms with van der Waals surface area (Å²) in [6.45, 7) is 0.473. The van der Waals surface area contributed by atoms with Crippen LogP contribution in [0.5, 0.6) is 11.6 Å². The fraction of sp³-hybridized carbons (Fsp3) is 0.364. The van der Waals surface area contributed by atoms with E-state index in [0.29, 0.717) is 24.0 Å². The summed E-state index contributed by atoms with van der Waals surface area (Å²) in [5, 5.41) is 7.64. The van der Waals surface area contributed by atoms with Crippen LogP contribution in [0.2, 0.25) is 5.15 Å². The van der Waals surface area contributed by atoms with Gasteiger partial charge < -0.3 is 14.8 Å². The largest absolute Gasteiger partial charge is 0.490 e. The normalized spacial score (nSPS) is 10.3. The summed E-state index contributed by atoms with van der Waals surface area (Å²) in [5.74, 6) is 1.61. The van der Waals surface area contributed by atoms with Crippen molar-refractivity contribution in [3.05, 3.63) is 23.2 Å². The molecule has 0 aliphatic carbocycles. The van der Waals surface area contributed by atoms with Gasteiger partial charge in [0.1, 0.15) is 6.33 Å². The zero-order chi connectivity index (χ0) is 13.8. The van der Waals surface area contributed by atoms with Crippen molar-refractivity contribution in [3.8, 4) is 11.6 Å². The SMILES string of the molecule is COc1c(Cl)ncnc1NCc1cc(OC)n(C)n1. The summed E-state index contributed by atoms with van der Waals surface area (Å²) in [7, 11) is 4.92. The Labute approximate surface area is 115 Å². The Balaban J connectivity index is 2.12. The van der Waals surface area contributed by atoms with Gasteiger partial charge in [-0.2, -0.15) is 5.10 Å². The Morgan fingerprint density at radius 1 is 1.32 bits per heavy atom. The molecular weight excluding hydrogens is 270 g/mol. The van der Waals surface area contributed by atoms with E-state index in [1.807, 2.05) is 13.1 Å². The van der Waals surface area contributed by atoms with Crippen LogP contribution in [0.25, 0.3) is 0 Å². The van der Waals surface area contributed by atoms with E-state index in [4.69, 9.17) is 21.1 Å². The number of aryl methyl sites for hydroxylation is 1. The van der Waals surface area contributed by atoms with Crippen molar-refractivity contribution >= 4 is 17.4 Å². The van der Waals surface area contributed by atoms with Gasteiger partial charge in [-0.15, -0.1) is 0 Å². The predicted molar refractivity (Wildman–Crippen MR) is 70.7 cm³/mol. The van der Waals surface area contributed by atoms with E-state index in [1.165, 1.54) is 13.4 Å². The van der Waals surface area contributed by atoms with E-state index in [0.717, 1.165) is 5.69 Å². The predicted octanol–water partition coefficient (Wildman–Crippen LogP) is 1.49. The van der Waals surface area contributed by atoms with Crippen molar-refractivity contribution in [3.63, 3.8) is 0 Å². The Morgan fingerprint density at radius 2 is 2.11 bits per heavy atom. The zero-order valence-electron chi connectivity index (χ0n) is 10.8. The van der Waals surface area contributed by atoms with Gasteiger partial charge >= 0.3 is 0 Å². The monoisotopic (exact) mass is 283 g/mol. The fourth-order valence-electron chi connectivity index (χ4n) is 1.62. The molecule has 2 aromatic rings. The van der Waals surface area contributed by atoms with Crippen molar-refractivity contribution in [1.82, 2.24) is 19.7 Å². The Kier molecular flexibility index (Phi) is 4.06. The second kappa shape index (κ2) is 5.75. The molecule has 0 spiro atoms. The number of halogens is 1. The number of aromatic nitrogens is 4. The van der Waals surface area contributed by atoms with E-state index in [1.54, 1.807) is 11.8 Å². The molecule has 1 N–H and O–H groups in total. The lowest BCUT2D eigenvalue weighted by Gasteiger charge is -2.09. The third kappa shape index (κ3) is 2.87. The first-order valence-corrected chi connectivity index (χ1v) is 5.88. The molecule has 0 saturated carbocycles. The van der Waals surface area contributed by atoms with E-state index in [9.17, 15) is 0 Å². The molecule has 2 aromatic heterocycles. The van der Waals surface area contributed by atoms with E-state index < -0.39 is 0 Å². The molecule has 0 amide bonds. The van der Waals surface area contributed by atoms with E-state index >= 15 is 0 Å². The molecule has 0 fully saturated rings. The van der Waals surface area contributed by atoms with E-state index in [2.05, 4.69) is 20.4 Å². The minimum absolute atomic E-state index is 0.263. The Bertz CT molecular complexity index is 572. The lowest BCUT2D eigenvalue weighted by atomic mass is 10.4. The van der Waals surface area contributed by atoms with Crippen LogP contribution in [0.4, 0.5) is 5.82 Å². The third-order valence-electron chi connectivity index (χ3n) is 2.50. The molecule has 0 atom stereocenters. The fourth-order valence-corrected chi connectivity index (χ4v) is 1.83. The number of anilines is 1. The first-order chi connectivity index (χ1) is 9.15. The quantitative estimate of drug-likeness (QED) is 0.838. The number of nitrogens with one attached hydrogen (secondary N) is 1. The number of nitrogens with zero attached hydrogens (tertiary/aromatic N) is 4. The summed E-state index contributed by atoms with van der Waals surface area (Å²) in [4.78, 5) is 7.92. The van der Waals surface area contributed by atoms with Crippen molar-refractivity contribution in [1.29, 1.82) is 0 Å². The molecule has 2 rings (SSSR count). The summed E-state index contributed by atoms with van der Waals surface area (Å²) >= 11 is 5.91. The van der Waals surface area contributed by atoms with Crippen LogP contribution in [0.3, 0.4) is 0 Å². The molecule has 0 aliphatic rings. The first kappa shape index (κ1) is 13.4. The maximum atomic E-state index is 5.91. The average Bonchev–Trinajstić information content (AvgIpc) is 2.77. The minimum Gasteiger partial charge on any atom is -0.490 e. The summed E-state index contributed by atoms with van der Waals surface area (Å²) in [6.07, 6.45) is 1.37. The molecule has 0 aromatic carbocycles. The van der Waals surface area contributed by atoms with Crippen molar-refractivity contribution in [2.75, 3.05) is 19.5 Å². The lowest BCUT2D eigenvalue weighted by molar-refractivity contribution is 0.373. The maximum Gasteiger partial charge on any atom is 0.211 e.